The number of rotatable bonds is 6. The van der Waals surface area contributed by atoms with E-state index in [0.717, 1.165) is 6.20 Å². The highest BCUT2D eigenvalue weighted by molar-refractivity contribution is 5.89. The van der Waals surface area contributed by atoms with Crippen LogP contribution in [0.25, 0.3) is 27.7 Å². The first kappa shape index (κ1) is 24.7. The van der Waals surface area contributed by atoms with E-state index in [9.17, 15) is 17.6 Å². The van der Waals surface area contributed by atoms with E-state index in [2.05, 4.69) is 30.6 Å². The fourth-order valence-corrected chi connectivity index (χ4v) is 4.93. The second kappa shape index (κ2) is 9.31. The minimum atomic E-state index is -4.51. The van der Waals surface area contributed by atoms with E-state index in [1.807, 2.05) is 0 Å². The lowest BCUT2D eigenvalue weighted by molar-refractivity contribution is -0.142. The standard InChI is InChI=1S/C23H23F5N8O2/c1-37-21-20-19(12-2-3-17-18(6-12)36(33-31-17)11-23(26,27)28)15(25)8-35(20)32-22(30-21)29-16-4-5-34(7-14(16)24)13-9-38-10-13/h2-3,6,8,13-14,16H,4-5,7,9-11H2,1H3,(H,29,32)/t14-,16+/m0/s1. The van der Waals surface area contributed by atoms with Crippen molar-refractivity contribution in [1.29, 1.82) is 0 Å². The summed E-state index contributed by atoms with van der Waals surface area (Å²) in [6.07, 6.45) is -4.05. The predicted molar refractivity (Wildman–Crippen MR) is 125 cm³/mol. The van der Waals surface area contributed by atoms with Crippen molar-refractivity contribution in [2.45, 2.75) is 37.4 Å². The SMILES string of the molecule is COc1nc(N[C@@H]2CCN(C3COC3)C[C@@H]2F)nn2cc(F)c(-c3ccc4nnn(CC(F)(F)F)c4c3)c12. The number of nitrogens with zero attached hydrogens (tertiary/aromatic N) is 7. The maximum atomic E-state index is 15.3. The number of piperidine rings is 1. The lowest BCUT2D eigenvalue weighted by Crippen LogP contribution is -2.57. The molecule has 0 spiro atoms. The lowest BCUT2D eigenvalue weighted by atomic mass is 10.0. The number of benzene rings is 1. The molecule has 3 aromatic heterocycles. The molecular weight excluding hydrogens is 515 g/mol. The topological polar surface area (TPSA) is 94.6 Å². The third-order valence-corrected chi connectivity index (χ3v) is 6.90. The van der Waals surface area contributed by atoms with Gasteiger partial charge in [0.2, 0.25) is 11.8 Å². The molecule has 4 aromatic rings. The Morgan fingerprint density at radius 3 is 2.74 bits per heavy atom. The predicted octanol–water partition coefficient (Wildman–Crippen LogP) is 3.07. The second-order valence-electron chi connectivity index (χ2n) is 9.40. The van der Waals surface area contributed by atoms with Crippen LogP contribution >= 0.6 is 0 Å². The Morgan fingerprint density at radius 2 is 2.05 bits per heavy atom. The van der Waals surface area contributed by atoms with E-state index in [4.69, 9.17) is 9.47 Å². The Labute approximate surface area is 212 Å². The molecule has 2 saturated heterocycles. The highest BCUT2D eigenvalue weighted by atomic mass is 19.4. The minimum absolute atomic E-state index is 0.0166. The van der Waals surface area contributed by atoms with Crippen LogP contribution in [0.4, 0.5) is 27.9 Å². The Balaban J connectivity index is 1.32. The fourth-order valence-electron chi connectivity index (χ4n) is 4.93. The molecule has 38 heavy (non-hydrogen) atoms. The summed E-state index contributed by atoms with van der Waals surface area (Å²) in [5.41, 5.74) is 0.789. The molecule has 0 bridgehead atoms. The van der Waals surface area contributed by atoms with Crippen molar-refractivity contribution in [2.75, 3.05) is 38.7 Å². The number of likely N-dealkylation sites (tertiary alicyclic amines) is 1. The van der Waals surface area contributed by atoms with Crippen molar-refractivity contribution < 1.29 is 31.4 Å². The molecule has 0 aliphatic carbocycles. The van der Waals surface area contributed by atoms with Gasteiger partial charge in [-0.1, -0.05) is 11.3 Å². The van der Waals surface area contributed by atoms with Crippen LogP contribution in [0.1, 0.15) is 6.42 Å². The number of fused-ring (bicyclic) bond motifs is 2. The van der Waals surface area contributed by atoms with Gasteiger partial charge in [0.05, 0.1) is 49.7 Å². The van der Waals surface area contributed by atoms with Gasteiger partial charge in [0.15, 0.2) is 5.82 Å². The van der Waals surface area contributed by atoms with Crippen LogP contribution in [-0.2, 0) is 11.3 Å². The van der Waals surface area contributed by atoms with Crippen molar-refractivity contribution in [2.24, 2.45) is 0 Å². The van der Waals surface area contributed by atoms with Crippen molar-refractivity contribution in [3.8, 4) is 17.0 Å². The fraction of sp³-hybridized carbons (Fsp3) is 0.478. The number of hydrogen-bond donors (Lipinski definition) is 1. The third-order valence-electron chi connectivity index (χ3n) is 6.90. The molecule has 0 unspecified atom stereocenters. The first-order valence-corrected chi connectivity index (χ1v) is 12.0. The molecular formula is C23H23F5N8O2. The van der Waals surface area contributed by atoms with Crippen LogP contribution in [0.5, 0.6) is 5.88 Å². The van der Waals surface area contributed by atoms with Gasteiger partial charge in [0.25, 0.3) is 0 Å². The quantitative estimate of drug-likeness (QED) is 0.375. The summed E-state index contributed by atoms with van der Waals surface area (Å²) in [4.78, 5) is 6.40. The van der Waals surface area contributed by atoms with E-state index in [1.54, 1.807) is 0 Å². The van der Waals surface area contributed by atoms with Gasteiger partial charge < -0.3 is 14.8 Å². The van der Waals surface area contributed by atoms with Crippen LogP contribution in [0, 0.1) is 5.82 Å². The molecule has 202 valence electrons. The van der Waals surface area contributed by atoms with Crippen molar-refractivity contribution in [3.63, 3.8) is 0 Å². The Bertz CT molecular complexity index is 1480. The zero-order valence-electron chi connectivity index (χ0n) is 20.1. The van der Waals surface area contributed by atoms with E-state index in [1.165, 1.54) is 29.8 Å². The van der Waals surface area contributed by atoms with Gasteiger partial charge in [-0.2, -0.15) is 18.2 Å². The number of anilines is 1. The number of hydrogen-bond acceptors (Lipinski definition) is 8. The average molecular weight is 538 g/mol. The summed E-state index contributed by atoms with van der Waals surface area (Å²) in [5, 5.41) is 14.6. The normalized spacial score (nSPS) is 21.2. The van der Waals surface area contributed by atoms with Gasteiger partial charge in [-0.15, -0.1) is 10.2 Å². The molecule has 2 aliphatic heterocycles. The van der Waals surface area contributed by atoms with Gasteiger partial charge in [-0.25, -0.2) is 18.0 Å². The molecule has 0 radical (unpaired) electrons. The lowest BCUT2D eigenvalue weighted by Gasteiger charge is -2.42. The number of alkyl halides is 4. The smallest absolute Gasteiger partial charge is 0.408 e. The van der Waals surface area contributed by atoms with Crippen molar-refractivity contribution in [3.05, 3.63) is 30.2 Å². The molecule has 2 fully saturated rings. The van der Waals surface area contributed by atoms with Gasteiger partial charge in [0.1, 0.15) is 23.7 Å². The Hall–Kier alpha value is -3.59. The van der Waals surface area contributed by atoms with Crippen LogP contribution in [-0.4, -0.2) is 92.3 Å². The first-order chi connectivity index (χ1) is 18.2. The largest absolute Gasteiger partial charge is 0.479 e. The average Bonchev–Trinajstić information content (AvgIpc) is 3.37. The molecule has 0 saturated carbocycles. The molecule has 1 aromatic carbocycles. The van der Waals surface area contributed by atoms with Gasteiger partial charge in [-0.05, 0) is 24.1 Å². The van der Waals surface area contributed by atoms with Crippen LogP contribution < -0.4 is 10.1 Å². The number of methoxy groups -OCH3 is 1. The summed E-state index contributed by atoms with van der Waals surface area (Å²) < 4.78 is 81.7. The molecule has 6 rings (SSSR count). The summed E-state index contributed by atoms with van der Waals surface area (Å²) in [6.45, 7) is 0.830. The summed E-state index contributed by atoms with van der Waals surface area (Å²) in [5.74, 6) is -0.613. The van der Waals surface area contributed by atoms with Gasteiger partial charge in [0, 0.05) is 13.1 Å². The van der Waals surface area contributed by atoms with Crippen LogP contribution in [0.3, 0.4) is 0 Å². The van der Waals surface area contributed by atoms with E-state index in [-0.39, 0.29) is 52.1 Å². The maximum absolute atomic E-state index is 15.3. The summed E-state index contributed by atoms with van der Waals surface area (Å²) in [7, 11) is 1.35. The van der Waals surface area contributed by atoms with E-state index < -0.39 is 30.8 Å². The molecule has 15 heteroatoms. The zero-order valence-corrected chi connectivity index (χ0v) is 20.1. The van der Waals surface area contributed by atoms with E-state index >= 15 is 4.39 Å². The van der Waals surface area contributed by atoms with Crippen LogP contribution in [0.15, 0.2) is 24.4 Å². The molecule has 10 nitrogen and oxygen atoms in total. The van der Waals surface area contributed by atoms with Gasteiger partial charge in [-0.3, -0.25) is 4.90 Å². The number of halogens is 5. The molecule has 2 aliphatic rings. The Kier molecular flexibility index (Phi) is 6.06. The van der Waals surface area contributed by atoms with Crippen molar-refractivity contribution >= 4 is 22.5 Å². The molecule has 5 heterocycles. The number of aromatic nitrogens is 6. The Morgan fingerprint density at radius 1 is 1.24 bits per heavy atom. The minimum Gasteiger partial charge on any atom is -0.479 e. The first-order valence-electron chi connectivity index (χ1n) is 12.0. The monoisotopic (exact) mass is 538 g/mol. The number of ether oxygens (including phenoxy) is 2. The molecule has 0 amide bonds. The summed E-state index contributed by atoms with van der Waals surface area (Å²) in [6, 6.07) is 4.05. The zero-order chi connectivity index (χ0) is 26.6. The summed E-state index contributed by atoms with van der Waals surface area (Å²) >= 11 is 0. The number of nitrogens with one attached hydrogen (secondary N) is 1. The highest BCUT2D eigenvalue weighted by Crippen LogP contribution is 2.36. The van der Waals surface area contributed by atoms with Crippen molar-refractivity contribution in [1.82, 2.24) is 34.5 Å². The molecule has 2 atom stereocenters. The second-order valence-corrected chi connectivity index (χ2v) is 9.40. The highest BCUT2D eigenvalue weighted by Gasteiger charge is 2.36. The molecule has 1 N–H and O–H groups in total. The van der Waals surface area contributed by atoms with Gasteiger partial charge >= 0.3 is 6.18 Å². The van der Waals surface area contributed by atoms with Crippen LogP contribution in [0.2, 0.25) is 0 Å². The third kappa shape index (κ3) is 4.49. The maximum Gasteiger partial charge on any atom is 0.408 e. The van der Waals surface area contributed by atoms with E-state index in [0.29, 0.717) is 30.9 Å².